The molecule has 0 unspecified atom stereocenters. The van der Waals surface area contributed by atoms with Crippen LogP contribution in [-0.2, 0) is 10.2 Å². The number of hydrogen-bond donors (Lipinski definition) is 1. The number of aliphatic carboxylic acids is 1. The Labute approximate surface area is 120 Å². The van der Waals surface area contributed by atoms with Gasteiger partial charge in [-0.1, -0.05) is 30.5 Å². The van der Waals surface area contributed by atoms with Gasteiger partial charge in [0, 0.05) is 5.56 Å². The van der Waals surface area contributed by atoms with E-state index in [0.29, 0.717) is 5.92 Å². The monoisotopic (exact) mass is 274 g/mol. The average molecular weight is 274 g/mol. The summed E-state index contributed by atoms with van der Waals surface area (Å²) < 4.78 is 5.96. The largest absolute Gasteiger partial charge is 0.493 e. The third-order valence-electron chi connectivity index (χ3n) is 4.97. The van der Waals surface area contributed by atoms with Crippen LogP contribution in [0.3, 0.4) is 0 Å². The van der Waals surface area contributed by atoms with E-state index in [1.54, 1.807) is 0 Å². The van der Waals surface area contributed by atoms with Crippen molar-refractivity contribution in [3.63, 3.8) is 0 Å². The van der Waals surface area contributed by atoms with Gasteiger partial charge in [0.05, 0.1) is 12.0 Å². The van der Waals surface area contributed by atoms with Gasteiger partial charge < -0.3 is 9.84 Å². The van der Waals surface area contributed by atoms with Crippen molar-refractivity contribution < 1.29 is 14.6 Å². The lowest BCUT2D eigenvalue weighted by atomic mass is 9.64. The van der Waals surface area contributed by atoms with Crippen LogP contribution in [0.15, 0.2) is 18.2 Å². The minimum absolute atomic E-state index is 0.659. The Kier molecular flexibility index (Phi) is 3.45. The van der Waals surface area contributed by atoms with E-state index in [4.69, 9.17) is 4.74 Å². The maximum Gasteiger partial charge on any atom is 0.314 e. The summed E-state index contributed by atoms with van der Waals surface area (Å²) in [6.45, 7) is 2.74. The fourth-order valence-electron chi connectivity index (χ4n) is 3.14. The van der Waals surface area contributed by atoms with Gasteiger partial charge in [0.2, 0.25) is 0 Å². The quantitative estimate of drug-likeness (QED) is 0.891. The highest BCUT2D eigenvalue weighted by molar-refractivity contribution is 5.83. The van der Waals surface area contributed by atoms with Crippen molar-refractivity contribution in [3.05, 3.63) is 29.3 Å². The van der Waals surface area contributed by atoms with Crippen LogP contribution in [0.25, 0.3) is 0 Å². The Balaban J connectivity index is 1.87. The Hall–Kier alpha value is -1.51. The highest BCUT2D eigenvalue weighted by Gasteiger charge is 2.47. The molecule has 0 saturated heterocycles. The van der Waals surface area contributed by atoms with E-state index in [0.717, 1.165) is 42.7 Å². The maximum atomic E-state index is 11.7. The van der Waals surface area contributed by atoms with Crippen LogP contribution in [0.5, 0.6) is 5.75 Å². The molecule has 3 heteroatoms. The minimum Gasteiger partial charge on any atom is -0.493 e. The fourth-order valence-corrected chi connectivity index (χ4v) is 3.14. The topological polar surface area (TPSA) is 46.5 Å². The predicted octanol–water partition coefficient (Wildman–Crippen LogP) is 3.68. The highest BCUT2D eigenvalue weighted by atomic mass is 16.5. The Bertz CT molecular complexity index is 513. The molecule has 0 bridgehead atoms. The fraction of sp³-hybridized carbons (Fsp3) is 0.588. The third-order valence-corrected chi connectivity index (χ3v) is 4.97. The zero-order chi connectivity index (χ0) is 14.2. The van der Waals surface area contributed by atoms with Crippen molar-refractivity contribution in [1.82, 2.24) is 0 Å². The lowest BCUT2D eigenvalue weighted by molar-refractivity contribution is -0.147. The summed E-state index contributed by atoms with van der Waals surface area (Å²) in [7, 11) is 0. The van der Waals surface area contributed by atoms with Gasteiger partial charge in [-0.05, 0) is 44.6 Å². The van der Waals surface area contributed by atoms with Crippen LogP contribution in [0.4, 0.5) is 0 Å². The maximum absolute atomic E-state index is 11.7. The Morgan fingerprint density at radius 3 is 2.60 bits per heavy atom. The summed E-state index contributed by atoms with van der Waals surface area (Å²) in [6.07, 6.45) is 6.23. The van der Waals surface area contributed by atoms with Gasteiger partial charge >= 0.3 is 5.97 Å². The Morgan fingerprint density at radius 1 is 1.35 bits per heavy atom. The molecule has 1 aromatic rings. The summed E-state index contributed by atoms with van der Waals surface area (Å²) in [6, 6.07) is 5.96. The number of benzene rings is 1. The summed E-state index contributed by atoms with van der Waals surface area (Å²) in [5.74, 6) is 0.735. The van der Waals surface area contributed by atoms with Gasteiger partial charge in [0.25, 0.3) is 0 Å². The number of ether oxygens (including phenoxy) is 1. The molecule has 0 radical (unpaired) electrons. The van der Waals surface area contributed by atoms with E-state index in [-0.39, 0.29) is 0 Å². The standard InChI is InChI=1S/C17H22O3/c1-12-6-7-15(20-11-13-4-2-5-13)14(10-12)17(16(18)19)8-3-9-17/h6-7,10,13H,2-5,8-9,11H2,1H3,(H,18,19). The molecular formula is C17H22O3. The van der Waals surface area contributed by atoms with Crippen LogP contribution >= 0.6 is 0 Å². The number of carboxylic acid groups (broad SMARTS) is 1. The van der Waals surface area contributed by atoms with Gasteiger partial charge in [-0.3, -0.25) is 4.79 Å². The second-order valence-electron chi connectivity index (χ2n) is 6.35. The SMILES string of the molecule is Cc1ccc(OCC2CCC2)c(C2(C(=O)O)CCC2)c1. The van der Waals surface area contributed by atoms with Crippen molar-refractivity contribution in [2.24, 2.45) is 5.92 Å². The molecule has 0 spiro atoms. The molecule has 0 heterocycles. The molecule has 0 aromatic heterocycles. The molecule has 3 nitrogen and oxygen atoms in total. The lowest BCUT2D eigenvalue weighted by Gasteiger charge is -2.39. The van der Waals surface area contributed by atoms with E-state index < -0.39 is 11.4 Å². The summed E-state index contributed by atoms with van der Waals surface area (Å²) in [5.41, 5.74) is 1.28. The van der Waals surface area contributed by atoms with Gasteiger partial charge in [-0.2, -0.15) is 0 Å². The molecule has 3 rings (SSSR count). The zero-order valence-electron chi connectivity index (χ0n) is 12.0. The van der Waals surface area contributed by atoms with Gasteiger partial charge in [-0.25, -0.2) is 0 Å². The Morgan fingerprint density at radius 2 is 2.10 bits per heavy atom. The van der Waals surface area contributed by atoms with E-state index >= 15 is 0 Å². The zero-order valence-corrected chi connectivity index (χ0v) is 12.0. The number of carbonyl (C=O) groups is 1. The summed E-state index contributed by atoms with van der Waals surface area (Å²) >= 11 is 0. The molecule has 2 aliphatic carbocycles. The first-order valence-corrected chi connectivity index (χ1v) is 7.59. The van der Waals surface area contributed by atoms with Crippen LogP contribution < -0.4 is 4.74 Å². The molecular weight excluding hydrogens is 252 g/mol. The van der Waals surface area contributed by atoms with E-state index in [1.807, 2.05) is 25.1 Å². The molecule has 20 heavy (non-hydrogen) atoms. The molecule has 1 aromatic carbocycles. The molecule has 0 atom stereocenters. The molecule has 2 saturated carbocycles. The normalized spacial score (nSPS) is 20.9. The molecule has 0 amide bonds. The molecule has 2 fully saturated rings. The van der Waals surface area contributed by atoms with Crippen molar-refractivity contribution in [1.29, 1.82) is 0 Å². The first kappa shape index (κ1) is 13.5. The van der Waals surface area contributed by atoms with E-state index in [1.165, 1.54) is 19.3 Å². The van der Waals surface area contributed by atoms with Crippen LogP contribution in [-0.4, -0.2) is 17.7 Å². The van der Waals surface area contributed by atoms with Gasteiger partial charge in [-0.15, -0.1) is 0 Å². The van der Waals surface area contributed by atoms with Crippen molar-refractivity contribution in [2.45, 2.75) is 50.9 Å². The van der Waals surface area contributed by atoms with Gasteiger partial charge in [0.15, 0.2) is 0 Å². The number of aryl methyl sites for hydroxylation is 1. The molecule has 0 aliphatic heterocycles. The first-order valence-electron chi connectivity index (χ1n) is 7.59. The average Bonchev–Trinajstić information content (AvgIpc) is 2.27. The first-order chi connectivity index (χ1) is 9.62. The number of carboxylic acids is 1. The second-order valence-corrected chi connectivity index (χ2v) is 6.35. The van der Waals surface area contributed by atoms with Crippen molar-refractivity contribution >= 4 is 5.97 Å². The molecule has 2 aliphatic rings. The van der Waals surface area contributed by atoms with E-state index in [9.17, 15) is 9.90 Å². The van der Waals surface area contributed by atoms with E-state index in [2.05, 4.69) is 0 Å². The van der Waals surface area contributed by atoms with Crippen molar-refractivity contribution in [2.75, 3.05) is 6.61 Å². The molecule has 1 N–H and O–H groups in total. The third kappa shape index (κ3) is 2.19. The number of rotatable bonds is 5. The van der Waals surface area contributed by atoms with Crippen molar-refractivity contribution in [3.8, 4) is 5.75 Å². The van der Waals surface area contributed by atoms with Crippen LogP contribution in [0, 0.1) is 12.8 Å². The molecule has 108 valence electrons. The van der Waals surface area contributed by atoms with Gasteiger partial charge in [0.1, 0.15) is 5.75 Å². The smallest absolute Gasteiger partial charge is 0.314 e. The second kappa shape index (κ2) is 5.12. The summed E-state index contributed by atoms with van der Waals surface area (Å²) in [4.78, 5) is 11.7. The van der Waals surface area contributed by atoms with Crippen LogP contribution in [0.2, 0.25) is 0 Å². The highest BCUT2D eigenvalue weighted by Crippen LogP contribution is 2.47. The summed E-state index contributed by atoms with van der Waals surface area (Å²) in [5, 5.41) is 9.63. The van der Waals surface area contributed by atoms with Crippen LogP contribution in [0.1, 0.15) is 49.7 Å². The number of hydrogen-bond acceptors (Lipinski definition) is 2. The predicted molar refractivity (Wildman–Crippen MR) is 77.2 cm³/mol. The lowest BCUT2D eigenvalue weighted by Crippen LogP contribution is -2.42. The minimum atomic E-state index is -0.707.